The lowest BCUT2D eigenvalue weighted by Gasteiger charge is -2.26. The van der Waals surface area contributed by atoms with Crippen LogP contribution in [0.5, 0.6) is 0 Å². The number of hydrogen-bond donors (Lipinski definition) is 3. The van der Waals surface area contributed by atoms with Crippen LogP contribution in [-0.4, -0.2) is 66.0 Å². The second-order valence-corrected chi connectivity index (χ2v) is 12.4. The Morgan fingerprint density at radius 2 is 1.50 bits per heavy atom. The number of sulfonamides is 1. The molecule has 0 aliphatic rings. The summed E-state index contributed by atoms with van der Waals surface area (Å²) in [5, 5.41) is 9.44. The Kier molecular flexibility index (Phi) is 12.9. The quantitative estimate of drug-likeness (QED) is 0.214. The fourth-order valence-electron chi connectivity index (χ4n) is 4.52. The Bertz CT molecular complexity index is 1550. The third-order valence-corrected chi connectivity index (χ3v) is 8.49. The topological polar surface area (TPSA) is 124 Å². The van der Waals surface area contributed by atoms with Crippen LogP contribution in [0.25, 0.3) is 11.1 Å². The van der Waals surface area contributed by atoms with E-state index < -0.39 is 27.9 Å². The van der Waals surface area contributed by atoms with Crippen LogP contribution in [-0.2, 0) is 37.5 Å². The van der Waals surface area contributed by atoms with Gasteiger partial charge in [0.25, 0.3) is 15.9 Å². The summed E-state index contributed by atoms with van der Waals surface area (Å²) in [6.07, 6.45) is -0.495. The maximum atomic E-state index is 14.2. The van der Waals surface area contributed by atoms with E-state index in [1.807, 2.05) is 11.6 Å². The first-order valence-corrected chi connectivity index (χ1v) is 16.4. The van der Waals surface area contributed by atoms with Gasteiger partial charge in [-0.25, -0.2) is 17.5 Å². The molecule has 0 fully saturated rings. The van der Waals surface area contributed by atoms with Crippen LogP contribution in [0.2, 0.25) is 0 Å². The van der Waals surface area contributed by atoms with E-state index in [1.54, 1.807) is 59.5 Å². The predicted octanol–water partition coefficient (Wildman–Crippen LogP) is 4.16. The van der Waals surface area contributed by atoms with Gasteiger partial charge < -0.3 is 14.9 Å². The minimum absolute atomic E-state index is 0.0547. The lowest BCUT2D eigenvalue weighted by atomic mass is 10.0. The first-order valence-electron chi connectivity index (χ1n) is 14.3. The Morgan fingerprint density at radius 3 is 2.14 bits per heavy atom. The van der Waals surface area contributed by atoms with Gasteiger partial charge in [-0.15, -0.1) is 0 Å². The van der Waals surface area contributed by atoms with Crippen molar-refractivity contribution < 1.29 is 32.3 Å². The summed E-state index contributed by atoms with van der Waals surface area (Å²) in [5.74, 6) is -1.34. The number of nitrogens with zero attached hydrogens (tertiary/aromatic N) is 2. The summed E-state index contributed by atoms with van der Waals surface area (Å²) < 4.78 is 41.9. The zero-order valence-corrected chi connectivity index (χ0v) is 26.5. The SMILES string of the molecule is CCCC(=O)N(CCC(=O)N(CCS)Cc1ccccc1F)Cc1ccc(-c2ccccc2S(=O)(=O)NC(=O)C(C)O)cc1. The lowest BCUT2D eigenvalue weighted by Crippen LogP contribution is -2.37. The number of thiol groups is 1. The number of hydrogen-bond acceptors (Lipinski definition) is 7. The molecule has 0 spiro atoms. The van der Waals surface area contributed by atoms with Crippen molar-refractivity contribution in [3.63, 3.8) is 0 Å². The third-order valence-electron chi connectivity index (χ3n) is 6.88. The van der Waals surface area contributed by atoms with Crippen molar-refractivity contribution in [2.75, 3.05) is 18.8 Å². The zero-order valence-electron chi connectivity index (χ0n) is 24.8. The smallest absolute Gasteiger partial charge is 0.264 e. The van der Waals surface area contributed by atoms with Gasteiger partial charge in [-0.3, -0.25) is 14.4 Å². The number of nitrogens with one attached hydrogen (secondary N) is 1. The van der Waals surface area contributed by atoms with Gasteiger partial charge in [0.2, 0.25) is 11.8 Å². The number of carbonyl (C=O) groups excluding carboxylic acids is 3. The van der Waals surface area contributed by atoms with Gasteiger partial charge in [0.05, 0.1) is 4.90 Å². The minimum Gasteiger partial charge on any atom is -0.384 e. The Hall–Kier alpha value is -3.74. The van der Waals surface area contributed by atoms with E-state index in [4.69, 9.17) is 0 Å². The van der Waals surface area contributed by atoms with Crippen LogP contribution in [0, 0.1) is 5.82 Å². The first-order chi connectivity index (χ1) is 21.0. The highest BCUT2D eigenvalue weighted by Gasteiger charge is 2.24. The van der Waals surface area contributed by atoms with E-state index in [2.05, 4.69) is 12.6 Å². The molecule has 236 valence electrons. The number of carbonyl (C=O) groups is 3. The summed E-state index contributed by atoms with van der Waals surface area (Å²) in [7, 11) is -4.25. The molecule has 0 heterocycles. The highest BCUT2D eigenvalue weighted by atomic mass is 32.2. The van der Waals surface area contributed by atoms with Gasteiger partial charge in [0.15, 0.2) is 0 Å². The van der Waals surface area contributed by atoms with Gasteiger partial charge in [-0.05, 0) is 36.6 Å². The second-order valence-electron chi connectivity index (χ2n) is 10.3. The summed E-state index contributed by atoms with van der Waals surface area (Å²) in [6.45, 7) is 3.91. The molecule has 0 saturated heterocycles. The predicted molar refractivity (Wildman–Crippen MR) is 169 cm³/mol. The summed E-state index contributed by atoms with van der Waals surface area (Å²) >= 11 is 4.25. The average Bonchev–Trinajstić information content (AvgIpc) is 3.00. The van der Waals surface area contributed by atoms with E-state index >= 15 is 0 Å². The van der Waals surface area contributed by atoms with E-state index in [-0.39, 0.29) is 42.8 Å². The summed E-state index contributed by atoms with van der Waals surface area (Å²) in [6, 6.07) is 19.4. The zero-order chi connectivity index (χ0) is 32.3. The van der Waals surface area contributed by atoms with Crippen LogP contribution >= 0.6 is 12.6 Å². The molecule has 3 rings (SSSR count). The molecule has 0 aliphatic carbocycles. The monoisotopic (exact) mass is 643 g/mol. The number of halogens is 1. The Morgan fingerprint density at radius 1 is 0.886 bits per heavy atom. The maximum absolute atomic E-state index is 14.2. The molecule has 2 N–H and O–H groups in total. The van der Waals surface area contributed by atoms with Gasteiger partial charge in [-0.1, -0.05) is 67.6 Å². The normalized spacial score (nSPS) is 11.9. The van der Waals surface area contributed by atoms with Crippen molar-refractivity contribution in [2.24, 2.45) is 0 Å². The van der Waals surface area contributed by atoms with Gasteiger partial charge in [0.1, 0.15) is 11.9 Å². The molecular formula is C32H38FN3O6S2. The first kappa shape index (κ1) is 34.7. The van der Waals surface area contributed by atoms with Gasteiger partial charge in [-0.2, -0.15) is 12.6 Å². The Balaban J connectivity index is 1.76. The maximum Gasteiger partial charge on any atom is 0.264 e. The molecule has 3 aromatic carbocycles. The van der Waals surface area contributed by atoms with Crippen LogP contribution in [0.4, 0.5) is 4.39 Å². The fourth-order valence-corrected chi connectivity index (χ4v) is 6.04. The van der Waals surface area contributed by atoms with Gasteiger partial charge >= 0.3 is 0 Å². The molecule has 0 bridgehead atoms. The molecule has 1 unspecified atom stereocenters. The molecule has 3 amide bonds. The second kappa shape index (κ2) is 16.4. The number of aliphatic hydroxyl groups is 1. The molecule has 44 heavy (non-hydrogen) atoms. The minimum atomic E-state index is -4.25. The molecule has 1 atom stereocenters. The van der Waals surface area contributed by atoms with E-state index in [0.717, 1.165) is 5.56 Å². The Labute approximate surface area is 263 Å². The molecule has 0 saturated carbocycles. The van der Waals surface area contributed by atoms with Crippen LogP contribution in [0.3, 0.4) is 0 Å². The van der Waals surface area contributed by atoms with Crippen molar-refractivity contribution in [1.82, 2.24) is 14.5 Å². The number of benzene rings is 3. The van der Waals surface area contributed by atoms with Crippen molar-refractivity contribution >= 4 is 40.4 Å². The highest BCUT2D eigenvalue weighted by Crippen LogP contribution is 2.28. The molecule has 3 aromatic rings. The number of rotatable bonds is 15. The van der Waals surface area contributed by atoms with Crippen LogP contribution < -0.4 is 4.72 Å². The van der Waals surface area contributed by atoms with E-state index in [9.17, 15) is 32.3 Å². The summed E-state index contributed by atoms with van der Waals surface area (Å²) in [5.41, 5.74) is 2.10. The third kappa shape index (κ3) is 9.63. The largest absolute Gasteiger partial charge is 0.384 e. The summed E-state index contributed by atoms with van der Waals surface area (Å²) in [4.78, 5) is 41.0. The van der Waals surface area contributed by atoms with Crippen molar-refractivity contribution in [1.29, 1.82) is 0 Å². The average molecular weight is 644 g/mol. The van der Waals surface area contributed by atoms with Crippen molar-refractivity contribution in [2.45, 2.75) is 57.2 Å². The fraction of sp³-hybridized carbons (Fsp3) is 0.344. The number of aliphatic hydroxyl groups excluding tert-OH is 1. The molecular weight excluding hydrogens is 605 g/mol. The highest BCUT2D eigenvalue weighted by molar-refractivity contribution is 7.90. The van der Waals surface area contributed by atoms with Crippen molar-refractivity contribution in [3.05, 3.63) is 89.7 Å². The van der Waals surface area contributed by atoms with Crippen LogP contribution in [0.1, 0.15) is 44.2 Å². The van der Waals surface area contributed by atoms with E-state index in [0.29, 0.717) is 41.8 Å². The molecule has 9 nitrogen and oxygen atoms in total. The standard InChI is InChI=1S/C32H38FN3O6S2/c1-3-8-30(38)35(18-17-31(39)36(19-20-43)22-26-9-4-6-11-28(26)33)21-24-13-15-25(16-14-24)27-10-5-7-12-29(27)44(41,42)34-32(40)23(2)37/h4-7,9-16,23,37,43H,3,8,17-22H2,1-2H3,(H,34,40). The van der Waals surface area contributed by atoms with E-state index in [1.165, 1.54) is 30.0 Å². The lowest BCUT2D eigenvalue weighted by molar-refractivity contribution is -0.135. The molecule has 0 radical (unpaired) electrons. The van der Waals surface area contributed by atoms with Crippen LogP contribution in [0.15, 0.2) is 77.7 Å². The number of amides is 3. The van der Waals surface area contributed by atoms with Gasteiger partial charge in [0, 0.05) is 55.9 Å². The molecule has 12 heteroatoms. The molecule has 0 aliphatic heterocycles. The molecule has 0 aromatic heterocycles. The van der Waals surface area contributed by atoms with Crippen molar-refractivity contribution in [3.8, 4) is 11.1 Å².